The summed E-state index contributed by atoms with van der Waals surface area (Å²) < 4.78 is 32.2. The number of benzene rings is 4. The van der Waals surface area contributed by atoms with Crippen LogP contribution in [0.2, 0.25) is 0 Å². The number of hydrogen-bond donors (Lipinski definition) is 0. The third-order valence-corrected chi connectivity index (χ3v) is 7.00. The topological polar surface area (TPSA) is 69.9 Å². The number of ether oxygens (including phenoxy) is 5. The fourth-order valence-corrected chi connectivity index (χ4v) is 4.89. The van der Waals surface area contributed by atoms with Gasteiger partial charge in [-0.3, -0.25) is 0 Å². The minimum absolute atomic E-state index is 0.244. The largest absolute Gasteiger partial charge is 0.486 e. The number of hydrogen-bond acceptors (Lipinski definition) is 6. The first-order valence-corrected chi connectivity index (χ1v) is 14.1. The minimum atomic E-state index is -0.667. The van der Waals surface area contributed by atoms with Crippen LogP contribution < -0.4 is 0 Å². The monoisotopic (exact) mass is 561 g/mol. The lowest BCUT2D eigenvalue weighted by atomic mass is 9.96. The molecular formula is C36H35NO5. The zero-order chi connectivity index (χ0) is 28.8. The van der Waals surface area contributed by atoms with Crippen LogP contribution in [0.5, 0.6) is 0 Å². The van der Waals surface area contributed by atoms with Crippen LogP contribution in [0.25, 0.3) is 0 Å². The molecule has 4 aromatic rings. The molecule has 6 nitrogen and oxygen atoms in total. The van der Waals surface area contributed by atoms with Gasteiger partial charge in [-0.25, -0.2) is 0 Å². The highest BCUT2D eigenvalue weighted by molar-refractivity contribution is 5.21. The Bertz CT molecular complexity index is 1410. The van der Waals surface area contributed by atoms with Crippen molar-refractivity contribution in [2.45, 2.75) is 50.8 Å². The summed E-state index contributed by atoms with van der Waals surface area (Å²) in [5.74, 6) is 0.402. The summed E-state index contributed by atoms with van der Waals surface area (Å²) in [6.07, 6.45) is -0.918. The lowest BCUT2D eigenvalue weighted by Gasteiger charge is -2.43. The van der Waals surface area contributed by atoms with Crippen LogP contribution in [0.4, 0.5) is 0 Å². The highest BCUT2D eigenvalue weighted by Crippen LogP contribution is 2.33. The Morgan fingerprint density at radius 2 is 1.00 bits per heavy atom. The van der Waals surface area contributed by atoms with E-state index in [1.54, 1.807) is 0 Å². The van der Waals surface area contributed by atoms with E-state index in [1.165, 1.54) is 6.08 Å². The van der Waals surface area contributed by atoms with E-state index in [2.05, 4.69) is 6.07 Å². The van der Waals surface area contributed by atoms with Crippen molar-refractivity contribution < 1.29 is 23.7 Å². The normalized spacial score (nSPS) is 21.0. The van der Waals surface area contributed by atoms with Gasteiger partial charge in [0.05, 0.1) is 45.2 Å². The van der Waals surface area contributed by atoms with E-state index in [9.17, 15) is 5.26 Å². The molecule has 0 saturated carbocycles. The van der Waals surface area contributed by atoms with Crippen molar-refractivity contribution in [3.8, 4) is 6.07 Å². The van der Waals surface area contributed by atoms with Crippen molar-refractivity contribution in [1.29, 1.82) is 5.26 Å². The molecule has 214 valence electrons. The number of nitriles is 1. The van der Waals surface area contributed by atoms with Gasteiger partial charge in [0.25, 0.3) is 0 Å². The zero-order valence-electron chi connectivity index (χ0n) is 23.5. The fraction of sp³-hybridized carbons (Fsp3) is 0.250. The van der Waals surface area contributed by atoms with Crippen molar-refractivity contribution in [2.75, 3.05) is 6.61 Å². The van der Waals surface area contributed by atoms with Crippen LogP contribution in [0.3, 0.4) is 0 Å². The van der Waals surface area contributed by atoms with E-state index >= 15 is 0 Å². The predicted molar refractivity (Wildman–Crippen MR) is 160 cm³/mol. The molecule has 1 heterocycles. The molecule has 5 rings (SSSR count). The Hall–Kier alpha value is -4.25. The van der Waals surface area contributed by atoms with E-state index in [-0.39, 0.29) is 6.61 Å². The van der Waals surface area contributed by atoms with E-state index in [1.807, 2.05) is 121 Å². The molecule has 1 fully saturated rings. The van der Waals surface area contributed by atoms with Crippen molar-refractivity contribution in [2.24, 2.45) is 0 Å². The summed E-state index contributed by atoms with van der Waals surface area (Å²) >= 11 is 0. The molecule has 0 bridgehead atoms. The van der Waals surface area contributed by atoms with Gasteiger partial charge in [0.15, 0.2) is 6.10 Å². The van der Waals surface area contributed by atoms with Crippen LogP contribution in [0.15, 0.2) is 133 Å². The standard InChI is InChI=1S/C36H35NO5/c37-22-21-32-34(39-24-29-15-7-2-8-16-29)36(41-26-31-19-11-4-12-20-31)35(40-25-30-17-9-3-10-18-30)33(42-32)27-38-23-28-13-5-1-6-14-28/h1-21,33-36H,23-27H2/b32-21+/t33-,34-,35-,36-/m1/s1. The Morgan fingerprint density at radius 3 is 1.48 bits per heavy atom. The second-order valence-electron chi connectivity index (χ2n) is 10.1. The molecule has 0 amide bonds. The highest BCUT2D eigenvalue weighted by Gasteiger charge is 2.46. The Labute approximate surface area is 247 Å². The lowest BCUT2D eigenvalue weighted by Crippen LogP contribution is -2.56. The minimum Gasteiger partial charge on any atom is -0.486 e. The van der Waals surface area contributed by atoms with Crippen molar-refractivity contribution in [1.82, 2.24) is 0 Å². The second kappa shape index (κ2) is 15.7. The van der Waals surface area contributed by atoms with Crippen molar-refractivity contribution in [3.63, 3.8) is 0 Å². The molecule has 4 atom stereocenters. The van der Waals surface area contributed by atoms with Crippen LogP contribution in [0, 0.1) is 11.3 Å². The van der Waals surface area contributed by atoms with E-state index in [0.29, 0.717) is 32.2 Å². The molecule has 1 saturated heterocycles. The summed E-state index contributed by atoms with van der Waals surface area (Å²) in [5, 5.41) is 9.68. The third kappa shape index (κ3) is 8.39. The molecule has 0 spiro atoms. The smallest absolute Gasteiger partial charge is 0.150 e. The second-order valence-corrected chi connectivity index (χ2v) is 10.1. The van der Waals surface area contributed by atoms with Gasteiger partial charge < -0.3 is 23.7 Å². The van der Waals surface area contributed by atoms with Gasteiger partial charge in [-0.15, -0.1) is 0 Å². The van der Waals surface area contributed by atoms with Crippen molar-refractivity contribution in [3.05, 3.63) is 155 Å². The summed E-state index contributed by atoms with van der Waals surface area (Å²) in [6.45, 7) is 1.70. The Kier molecular flexibility index (Phi) is 10.9. The maximum absolute atomic E-state index is 9.68. The Balaban J connectivity index is 1.42. The molecular weight excluding hydrogens is 526 g/mol. The van der Waals surface area contributed by atoms with Gasteiger partial charge in [-0.1, -0.05) is 121 Å². The van der Waals surface area contributed by atoms with Crippen LogP contribution >= 0.6 is 0 Å². The van der Waals surface area contributed by atoms with Gasteiger partial charge >= 0.3 is 0 Å². The number of rotatable bonds is 13. The molecule has 0 aliphatic carbocycles. The molecule has 1 aliphatic heterocycles. The molecule has 0 radical (unpaired) electrons. The summed E-state index contributed by atoms with van der Waals surface area (Å²) in [7, 11) is 0. The summed E-state index contributed by atoms with van der Waals surface area (Å²) in [6, 6.07) is 42.0. The quantitative estimate of drug-likeness (QED) is 0.168. The van der Waals surface area contributed by atoms with Crippen molar-refractivity contribution >= 4 is 0 Å². The number of nitrogens with zero attached hydrogens (tertiary/aromatic N) is 1. The first-order chi connectivity index (χ1) is 20.8. The van der Waals surface area contributed by atoms with E-state index < -0.39 is 24.4 Å². The lowest BCUT2D eigenvalue weighted by molar-refractivity contribution is -0.223. The van der Waals surface area contributed by atoms with Gasteiger partial charge in [0, 0.05) is 0 Å². The van der Waals surface area contributed by atoms with Gasteiger partial charge in [-0.2, -0.15) is 5.26 Å². The van der Waals surface area contributed by atoms with Gasteiger partial charge in [-0.05, 0) is 22.3 Å². The summed E-state index contributed by atoms with van der Waals surface area (Å²) in [5.41, 5.74) is 4.12. The van der Waals surface area contributed by atoms with Gasteiger partial charge in [0.1, 0.15) is 24.1 Å². The molecule has 0 aromatic heterocycles. The van der Waals surface area contributed by atoms with E-state index in [0.717, 1.165) is 22.3 Å². The molecule has 1 aliphatic rings. The third-order valence-electron chi connectivity index (χ3n) is 7.00. The molecule has 0 unspecified atom stereocenters. The van der Waals surface area contributed by atoms with E-state index in [4.69, 9.17) is 23.7 Å². The molecule has 0 N–H and O–H groups in total. The molecule has 42 heavy (non-hydrogen) atoms. The molecule has 6 heteroatoms. The average molecular weight is 562 g/mol. The SMILES string of the molecule is N#C/C=C1/O[C@H](COCc2ccccc2)[C@@H](OCc2ccccc2)[C@H](OCc2ccccc2)[C@@H]1OCc1ccccc1. The maximum Gasteiger partial charge on any atom is 0.150 e. The predicted octanol–water partition coefficient (Wildman–Crippen LogP) is 6.77. The zero-order valence-corrected chi connectivity index (χ0v) is 23.5. The molecule has 4 aromatic carbocycles. The highest BCUT2D eigenvalue weighted by atomic mass is 16.6. The number of allylic oxidation sites excluding steroid dienone is 1. The first kappa shape index (κ1) is 29.2. The van der Waals surface area contributed by atoms with Crippen LogP contribution in [-0.2, 0) is 50.1 Å². The average Bonchev–Trinajstić information content (AvgIpc) is 3.05. The Morgan fingerprint density at radius 1 is 0.571 bits per heavy atom. The fourth-order valence-electron chi connectivity index (χ4n) is 4.89. The van der Waals surface area contributed by atoms with Crippen LogP contribution in [-0.4, -0.2) is 31.0 Å². The van der Waals surface area contributed by atoms with Crippen LogP contribution in [0.1, 0.15) is 22.3 Å². The summed E-state index contributed by atoms with van der Waals surface area (Å²) in [4.78, 5) is 0. The first-order valence-electron chi connectivity index (χ1n) is 14.1. The van der Waals surface area contributed by atoms with Gasteiger partial charge in [0.2, 0.25) is 0 Å². The maximum atomic E-state index is 9.68.